The van der Waals surface area contributed by atoms with Gasteiger partial charge in [-0.3, -0.25) is 4.90 Å². The molecular weight excluding hydrogens is 252 g/mol. The fourth-order valence-electron chi connectivity index (χ4n) is 3.28. The number of hydrogen-bond donors (Lipinski definition) is 1. The highest BCUT2D eigenvalue weighted by molar-refractivity contribution is 5.45. The van der Waals surface area contributed by atoms with Crippen molar-refractivity contribution in [1.82, 2.24) is 10.2 Å². The molecule has 4 rings (SSSR count). The number of nitrogens with zero attached hydrogens (tertiary/aromatic N) is 1. The molecular formula is C16H22N2O2. The second-order valence-electron chi connectivity index (χ2n) is 6.09. The summed E-state index contributed by atoms with van der Waals surface area (Å²) in [5, 5.41) is 3.45. The van der Waals surface area contributed by atoms with E-state index in [2.05, 4.69) is 28.4 Å². The maximum absolute atomic E-state index is 5.54. The Balaban J connectivity index is 1.59. The molecule has 20 heavy (non-hydrogen) atoms. The van der Waals surface area contributed by atoms with Crippen LogP contribution in [-0.2, 0) is 0 Å². The molecule has 3 aliphatic rings. The van der Waals surface area contributed by atoms with Crippen LogP contribution >= 0.6 is 0 Å². The highest BCUT2D eigenvalue weighted by Gasteiger charge is 2.31. The molecule has 0 aromatic heterocycles. The van der Waals surface area contributed by atoms with E-state index in [0.717, 1.165) is 43.6 Å². The summed E-state index contributed by atoms with van der Waals surface area (Å²) in [4.78, 5) is 2.63. The molecule has 1 N–H and O–H groups in total. The van der Waals surface area contributed by atoms with Gasteiger partial charge < -0.3 is 14.8 Å². The van der Waals surface area contributed by atoms with Crippen LogP contribution in [0.1, 0.15) is 30.9 Å². The van der Waals surface area contributed by atoms with Crippen molar-refractivity contribution in [2.45, 2.75) is 25.3 Å². The average Bonchev–Trinajstić information content (AvgIpc) is 3.20. The van der Waals surface area contributed by atoms with Crippen molar-refractivity contribution >= 4 is 0 Å². The van der Waals surface area contributed by atoms with Gasteiger partial charge in [0.25, 0.3) is 0 Å². The van der Waals surface area contributed by atoms with Crippen molar-refractivity contribution in [3.63, 3.8) is 0 Å². The minimum Gasteiger partial charge on any atom is -0.454 e. The van der Waals surface area contributed by atoms with Gasteiger partial charge in [0.1, 0.15) is 0 Å². The van der Waals surface area contributed by atoms with E-state index < -0.39 is 0 Å². The van der Waals surface area contributed by atoms with E-state index in [9.17, 15) is 0 Å². The molecule has 1 aliphatic carbocycles. The minimum atomic E-state index is 0.361. The Hall–Kier alpha value is -1.26. The van der Waals surface area contributed by atoms with Gasteiger partial charge in [-0.25, -0.2) is 0 Å². The smallest absolute Gasteiger partial charge is 0.231 e. The van der Waals surface area contributed by atoms with Gasteiger partial charge in [0.2, 0.25) is 6.79 Å². The molecule has 2 aliphatic heterocycles. The van der Waals surface area contributed by atoms with Gasteiger partial charge in [-0.15, -0.1) is 0 Å². The second kappa shape index (κ2) is 5.26. The van der Waals surface area contributed by atoms with Gasteiger partial charge >= 0.3 is 0 Å². The van der Waals surface area contributed by atoms with Crippen molar-refractivity contribution in [1.29, 1.82) is 0 Å². The zero-order valence-electron chi connectivity index (χ0n) is 11.8. The van der Waals surface area contributed by atoms with Crippen LogP contribution in [0.3, 0.4) is 0 Å². The van der Waals surface area contributed by atoms with Crippen molar-refractivity contribution < 1.29 is 9.47 Å². The summed E-state index contributed by atoms with van der Waals surface area (Å²) in [5.41, 5.74) is 1.39. The number of piperazine rings is 1. The fraction of sp³-hybridized carbons (Fsp3) is 0.625. The fourth-order valence-corrected chi connectivity index (χ4v) is 3.28. The molecule has 2 heterocycles. The third-order valence-corrected chi connectivity index (χ3v) is 4.63. The Kier molecular flexibility index (Phi) is 3.28. The standard InChI is InChI=1S/C16H22N2O2/c1-2-12(1)9-14(18-7-5-17-6-8-18)13-3-4-15-16(10-13)20-11-19-15/h3-4,10,12,14,17H,1-2,5-9,11H2/t14-/m0/s1. The van der Waals surface area contributed by atoms with Crippen LogP contribution in [0.15, 0.2) is 18.2 Å². The predicted molar refractivity (Wildman–Crippen MR) is 77.1 cm³/mol. The molecule has 108 valence electrons. The Morgan fingerprint density at radius 3 is 2.75 bits per heavy atom. The summed E-state index contributed by atoms with van der Waals surface area (Å²) in [7, 11) is 0. The van der Waals surface area contributed by atoms with Crippen LogP contribution in [-0.4, -0.2) is 37.9 Å². The largest absolute Gasteiger partial charge is 0.454 e. The number of ether oxygens (including phenoxy) is 2. The van der Waals surface area contributed by atoms with Gasteiger partial charge in [-0.05, 0) is 30.0 Å². The Morgan fingerprint density at radius 2 is 1.95 bits per heavy atom. The third kappa shape index (κ3) is 2.50. The molecule has 0 radical (unpaired) electrons. The zero-order valence-corrected chi connectivity index (χ0v) is 11.8. The van der Waals surface area contributed by atoms with E-state index >= 15 is 0 Å². The van der Waals surface area contributed by atoms with Crippen LogP contribution in [0.5, 0.6) is 11.5 Å². The molecule has 1 saturated carbocycles. The molecule has 0 spiro atoms. The lowest BCUT2D eigenvalue weighted by Gasteiger charge is -2.35. The quantitative estimate of drug-likeness (QED) is 0.912. The summed E-state index contributed by atoms with van der Waals surface area (Å²) >= 11 is 0. The number of nitrogens with one attached hydrogen (secondary N) is 1. The van der Waals surface area contributed by atoms with E-state index in [1.54, 1.807) is 0 Å². The monoisotopic (exact) mass is 274 g/mol. The Labute approximate surface area is 120 Å². The molecule has 1 atom stereocenters. The zero-order chi connectivity index (χ0) is 13.4. The first kappa shape index (κ1) is 12.5. The topological polar surface area (TPSA) is 33.7 Å². The van der Waals surface area contributed by atoms with Crippen molar-refractivity contribution in [2.24, 2.45) is 5.92 Å². The van der Waals surface area contributed by atoms with Gasteiger partial charge in [-0.2, -0.15) is 0 Å². The molecule has 0 bridgehead atoms. The minimum absolute atomic E-state index is 0.361. The van der Waals surface area contributed by atoms with Crippen molar-refractivity contribution in [3.8, 4) is 11.5 Å². The van der Waals surface area contributed by atoms with E-state index in [1.807, 2.05) is 0 Å². The number of fused-ring (bicyclic) bond motifs is 1. The molecule has 1 aromatic carbocycles. The summed E-state index contributed by atoms with van der Waals surface area (Å²) in [6, 6.07) is 7.03. The van der Waals surface area contributed by atoms with E-state index in [-0.39, 0.29) is 0 Å². The summed E-state index contributed by atoms with van der Waals surface area (Å²) in [5.74, 6) is 2.73. The van der Waals surface area contributed by atoms with Crippen molar-refractivity contribution in [3.05, 3.63) is 23.8 Å². The first-order valence-electron chi connectivity index (χ1n) is 7.74. The lowest BCUT2D eigenvalue weighted by Crippen LogP contribution is -2.45. The highest BCUT2D eigenvalue weighted by atomic mass is 16.7. The average molecular weight is 274 g/mol. The lowest BCUT2D eigenvalue weighted by molar-refractivity contribution is 0.160. The summed E-state index contributed by atoms with van der Waals surface area (Å²) in [6.45, 7) is 4.86. The molecule has 4 nitrogen and oxygen atoms in total. The number of hydrogen-bond acceptors (Lipinski definition) is 4. The maximum atomic E-state index is 5.54. The van der Waals surface area contributed by atoms with Crippen molar-refractivity contribution in [2.75, 3.05) is 33.0 Å². The molecule has 0 unspecified atom stereocenters. The first-order chi connectivity index (χ1) is 9.90. The van der Waals surface area contributed by atoms with E-state index in [4.69, 9.17) is 9.47 Å². The highest BCUT2D eigenvalue weighted by Crippen LogP contribution is 2.42. The third-order valence-electron chi connectivity index (χ3n) is 4.63. The summed E-state index contributed by atoms with van der Waals surface area (Å²) < 4.78 is 11.0. The Bertz CT molecular complexity index is 481. The molecule has 2 fully saturated rings. The van der Waals surface area contributed by atoms with Crippen LogP contribution in [0, 0.1) is 5.92 Å². The predicted octanol–water partition coefficient (Wildman–Crippen LogP) is 2.16. The molecule has 1 aromatic rings. The van der Waals surface area contributed by atoms with E-state index in [1.165, 1.54) is 24.8 Å². The molecule has 4 heteroatoms. The second-order valence-corrected chi connectivity index (χ2v) is 6.09. The maximum Gasteiger partial charge on any atom is 0.231 e. The number of benzene rings is 1. The SMILES string of the molecule is c1cc2c(cc1[C@H](CC1CC1)N1CCNCC1)OCO2. The van der Waals surface area contributed by atoms with Crippen LogP contribution in [0.2, 0.25) is 0 Å². The van der Waals surface area contributed by atoms with Gasteiger partial charge in [0, 0.05) is 32.2 Å². The van der Waals surface area contributed by atoms with Crippen LogP contribution in [0.25, 0.3) is 0 Å². The summed E-state index contributed by atoms with van der Waals surface area (Å²) in [6.07, 6.45) is 4.11. The van der Waals surface area contributed by atoms with E-state index in [0.29, 0.717) is 12.8 Å². The molecule has 0 amide bonds. The van der Waals surface area contributed by atoms with Gasteiger partial charge in [0.05, 0.1) is 0 Å². The number of rotatable bonds is 4. The van der Waals surface area contributed by atoms with Gasteiger partial charge in [0.15, 0.2) is 11.5 Å². The van der Waals surface area contributed by atoms with Crippen LogP contribution in [0.4, 0.5) is 0 Å². The normalized spacial score (nSPS) is 23.8. The molecule has 1 saturated heterocycles. The first-order valence-corrected chi connectivity index (χ1v) is 7.74. The Morgan fingerprint density at radius 1 is 1.15 bits per heavy atom. The lowest BCUT2D eigenvalue weighted by atomic mass is 9.98. The van der Waals surface area contributed by atoms with Crippen LogP contribution < -0.4 is 14.8 Å². The van der Waals surface area contributed by atoms with Gasteiger partial charge in [-0.1, -0.05) is 18.9 Å².